The van der Waals surface area contributed by atoms with E-state index in [2.05, 4.69) is 16.0 Å². The van der Waals surface area contributed by atoms with Crippen molar-refractivity contribution in [3.8, 4) is 5.75 Å². The molecular weight excluding hydrogens is 384 g/mol. The second-order valence-electron chi connectivity index (χ2n) is 7.52. The molecule has 2 aromatic rings. The van der Waals surface area contributed by atoms with E-state index in [0.29, 0.717) is 29.4 Å². The average Bonchev–Trinajstić information content (AvgIpc) is 3.47. The van der Waals surface area contributed by atoms with Crippen LogP contribution in [0, 0.1) is 5.92 Å². The van der Waals surface area contributed by atoms with Crippen molar-refractivity contribution in [1.82, 2.24) is 5.32 Å². The van der Waals surface area contributed by atoms with Crippen LogP contribution in [0.15, 0.2) is 48.5 Å². The summed E-state index contributed by atoms with van der Waals surface area (Å²) in [5.74, 6) is -0.181. The Morgan fingerprint density at radius 3 is 2.33 bits per heavy atom. The molecule has 1 aliphatic carbocycles. The van der Waals surface area contributed by atoms with Crippen LogP contribution < -0.4 is 25.6 Å². The molecular formula is C22H24N4O4. The SMILES string of the molecule is COc1ccccc1N1CC(C(=O)Nc2ccc(NC(=O)NC3CC3)cc2)CC1=O. The smallest absolute Gasteiger partial charge is 0.319 e. The molecule has 4 rings (SSSR count). The van der Waals surface area contributed by atoms with Crippen molar-refractivity contribution in [1.29, 1.82) is 0 Å². The van der Waals surface area contributed by atoms with Crippen LogP contribution in [0.2, 0.25) is 0 Å². The lowest BCUT2D eigenvalue weighted by Crippen LogP contribution is -2.30. The Bertz CT molecular complexity index is 956. The fraction of sp³-hybridized carbons (Fsp3) is 0.318. The Balaban J connectivity index is 1.34. The molecule has 2 aliphatic rings. The number of amides is 4. The highest BCUT2D eigenvalue weighted by Crippen LogP contribution is 2.33. The predicted molar refractivity (Wildman–Crippen MR) is 114 cm³/mol. The number of hydrogen-bond donors (Lipinski definition) is 3. The second-order valence-corrected chi connectivity index (χ2v) is 7.52. The number of rotatable bonds is 6. The van der Waals surface area contributed by atoms with E-state index >= 15 is 0 Å². The Morgan fingerprint density at radius 1 is 1.00 bits per heavy atom. The highest BCUT2D eigenvalue weighted by molar-refractivity contribution is 6.04. The molecule has 1 saturated heterocycles. The van der Waals surface area contributed by atoms with Crippen LogP contribution in [0.3, 0.4) is 0 Å². The number of ether oxygens (including phenoxy) is 1. The molecule has 2 fully saturated rings. The standard InChI is InChI=1S/C22H24N4O4/c1-30-19-5-3-2-4-18(19)26-13-14(12-20(26)27)21(28)23-15-6-8-16(9-7-15)24-22(29)25-17-10-11-17/h2-9,14,17H,10-13H2,1H3,(H,23,28)(H2,24,25,29). The Labute approximate surface area is 174 Å². The van der Waals surface area contributed by atoms with E-state index in [1.165, 1.54) is 0 Å². The summed E-state index contributed by atoms with van der Waals surface area (Å²) in [5.41, 5.74) is 1.92. The van der Waals surface area contributed by atoms with Gasteiger partial charge < -0.3 is 25.6 Å². The first-order chi connectivity index (χ1) is 14.5. The lowest BCUT2D eigenvalue weighted by atomic mass is 10.1. The minimum absolute atomic E-state index is 0.110. The normalized spacial score (nSPS) is 18.1. The van der Waals surface area contributed by atoms with Crippen molar-refractivity contribution in [2.45, 2.75) is 25.3 Å². The van der Waals surface area contributed by atoms with Crippen LogP contribution >= 0.6 is 0 Å². The van der Waals surface area contributed by atoms with Gasteiger partial charge in [0.2, 0.25) is 11.8 Å². The van der Waals surface area contributed by atoms with Crippen molar-refractivity contribution in [2.75, 3.05) is 29.2 Å². The Kier molecular flexibility index (Phi) is 5.56. The number of para-hydroxylation sites is 2. The van der Waals surface area contributed by atoms with E-state index in [1.807, 2.05) is 18.2 Å². The number of carbonyl (C=O) groups excluding carboxylic acids is 3. The quantitative estimate of drug-likeness (QED) is 0.684. The highest BCUT2D eigenvalue weighted by Gasteiger charge is 2.36. The van der Waals surface area contributed by atoms with E-state index in [-0.39, 0.29) is 30.3 Å². The topological polar surface area (TPSA) is 99.8 Å². The van der Waals surface area contributed by atoms with Crippen LogP contribution in [0.1, 0.15) is 19.3 Å². The first-order valence-electron chi connectivity index (χ1n) is 9.95. The molecule has 8 heteroatoms. The Morgan fingerprint density at radius 2 is 1.67 bits per heavy atom. The van der Waals surface area contributed by atoms with Gasteiger partial charge in [0.25, 0.3) is 0 Å². The van der Waals surface area contributed by atoms with Crippen molar-refractivity contribution in [3.05, 3.63) is 48.5 Å². The van der Waals surface area contributed by atoms with Crippen LogP contribution in [0.4, 0.5) is 21.9 Å². The summed E-state index contributed by atoms with van der Waals surface area (Å²) in [6.07, 6.45) is 2.19. The molecule has 1 atom stereocenters. The van der Waals surface area contributed by atoms with Gasteiger partial charge in [0.05, 0.1) is 18.7 Å². The van der Waals surface area contributed by atoms with E-state index in [4.69, 9.17) is 4.74 Å². The molecule has 1 unspecified atom stereocenters. The van der Waals surface area contributed by atoms with E-state index in [9.17, 15) is 14.4 Å². The summed E-state index contributed by atoms with van der Waals surface area (Å²) in [7, 11) is 1.55. The molecule has 3 N–H and O–H groups in total. The van der Waals surface area contributed by atoms with Gasteiger partial charge in [-0.1, -0.05) is 12.1 Å². The summed E-state index contributed by atoms with van der Waals surface area (Å²) in [6.45, 7) is 0.298. The Hall–Kier alpha value is -3.55. The van der Waals surface area contributed by atoms with Crippen molar-refractivity contribution < 1.29 is 19.1 Å². The van der Waals surface area contributed by atoms with Crippen LogP contribution in [0.25, 0.3) is 0 Å². The summed E-state index contributed by atoms with van der Waals surface area (Å²) in [4.78, 5) is 38.5. The fourth-order valence-electron chi connectivity index (χ4n) is 3.43. The van der Waals surface area contributed by atoms with Gasteiger partial charge in [0, 0.05) is 30.4 Å². The lowest BCUT2D eigenvalue weighted by molar-refractivity contribution is -0.122. The van der Waals surface area contributed by atoms with Crippen LogP contribution in [-0.2, 0) is 9.59 Å². The van der Waals surface area contributed by atoms with Gasteiger partial charge in [-0.05, 0) is 49.2 Å². The van der Waals surface area contributed by atoms with Gasteiger partial charge in [-0.25, -0.2) is 4.79 Å². The highest BCUT2D eigenvalue weighted by atomic mass is 16.5. The first kappa shape index (κ1) is 19.8. The molecule has 4 amide bonds. The lowest BCUT2D eigenvalue weighted by Gasteiger charge is -2.19. The average molecular weight is 408 g/mol. The van der Waals surface area contributed by atoms with Gasteiger partial charge in [0.1, 0.15) is 5.75 Å². The van der Waals surface area contributed by atoms with E-state index in [1.54, 1.807) is 42.3 Å². The predicted octanol–water partition coefficient (Wildman–Crippen LogP) is 2.97. The number of anilines is 3. The van der Waals surface area contributed by atoms with Gasteiger partial charge in [-0.15, -0.1) is 0 Å². The van der Waals surface area contributed by atoms with E-state index in [0.717, 1.165) is 12.8 Å². The number of hydrogen-bond acceptors (Lipinski definition) is 4. The maximum atomic E-state index is 12.7. The van der Waals surface area contributed by atoms with Crippen molar-refractivity contribution >= 4 is 34.9 Å². The monoisotopic (exact) mass is 408 g/mol. The first-order valence-corrected chi connectivity index (χ1v) is 9.95. The molecule has 8 nitrogen and oxygen atoms in total. The fourth-order valence-corrected chi connectivity index (χ4v) is 3.43. The molecule has 0 radical (unpaired) electrons. The molecule has 0 spiro atoms. The second kappa shape index (κ2) is 8.44. The molecule has 30 heavy (non-hydrogen) atoms. The third kappa shape index (κ3) is 4.53. The number of nitrogens with one attached hydrogen (secondary N) is 3. The van der Waals surface area contributed by atoms with Crippen LogP contribution in [-0.4, -0.2) is 37.5 Å². The number of methoxy groups -OCH3 is 1. The minimum Gasteiger partial charge on any atom is -0.495 e. The number of urea groups is 1. The van der Waals surface area contributed by atoms with Crippen molar-refractivity contribution in [3.63, 3.8) is 0 Å². The van der Waals surface area contributed by atoms with Crippen molar-refractivity contribution in [2.24, 2.45) is 5.92 Å². The number of benzene rings is 2. The number of carbonyl (C=O) groups is 3. The summed E-state index contributed by atoms with van der Waals surface area (Å²) >= 11 is 0. The maximum absolute atomic E-state index is 12.7. The minimum atomic E-state index is -0.454. The third-order valence-electron chi connectivity index (χ3n) is 5.19. The van der Waals surface area contributed by atoms with Crippen LogP contribution in [0.5, 0.6) is 5.75 Å². The molecule has 1 heterocycles. The number of nitrogens with zero attached hydrogens (tertiary/aromatic N) is 1. The molecule has 0 aromatic heterocycles. The maximum Gasteiger partial charge on any atom is 0.319 e. The molecule has 1 saturated carbocycles. The van der Waals surface area contributed by atoms with Gasteiger partial charge in [0.15, 0.2) is 0 Å². The molecule has 0 bridgehead atoms. The van der Waals surface area contributed by atoms with Gasteiger partial charge in [-0.2, -0.15) is 0 Å². The zero-order valence-electron chi connectivity index (χ0n) is 16.7. The summed E-state index contributed by atoms with van der Waals surface area (Å²) in [5, 5.41) is 8.46. The van der Waals surface area contributed by atoms with Gasteiger partial charge >= 0.3 is 6.03 Å². The summed E-state index contributed by atoms with van der Waals surface area (Å²) in [6, 6.07) is 14.2. The molecule has 2 aromatic carbocycles. The third-order valence-corrected chi connectivity index (χ3v) is 5.19. The zero-order chi connectivity index (χ0) is 21.1. The largest absolute Gasteiger partial charge is 0.495 e. The van der Waals surface area contributed by atoms with Gasteiger partial charge in [-0.3, -0.25) is 9.59 Å². The zero-order valence-corrected chi connectivity index (χ0v) is 16.7. The molecule has 1 aliphatic heterocycles. The van der Waals surface area contributed by atoms with E-state index < -0.39 is 5.92 Å². The molecule has 156 valence electrons. The summed E-state index contributed by atoms with van der Waals surface area (Å²) < 4.78 is 5.33.